The fourth-order valence-corrected chi connectivity index (χ4v) is 2.73. The van der Waals surface area contributed by atoms with Crippen LogP contribution in [0.25, 0.3) is 0 Å². The molecule has 0 bridgehead atoms. The molecule has 0 aliphatic rings. The molecule has 0 aliphatic heterocycles. The van der Waals surface area contributed by atoms with Crippen molar-refractivity contribution in [1.82, 2.24) is 5.32 Å². The van der Waals surface area contributed by atoms with Gasteiger partial charge in [0.2, 0.25) is 0 Å². The average Bonchev–Trinajstić information content (AvgIpc) is 2.57. The van der Waals surface area contributed by atoms with Gasteiger partial charge in [0.05, 0.1) is 5.92 Å². The molecule has 0 heterocycles. The molecule has 1 amide bonds. The monoisotopic (exact) mass is 349 g/mol. The van der Waals surface area contributed by atoms with Gasteiger partial charge in [-0.1, -0.05) is 70.4 Å². The largest absolute Gasteiger partial charge is 0.481 e. The van der Waals surface area contributed by atoms with Crippen molar-refractivity contribution in [2.24, 2.45) is 17.8 Å². The van der Waals surface area contributed by atoms with Gasteiger partial charge in [0.1, 0.15) is 6.61 Å². The molecule has 1 aromatic carbocycles. The van der Waals surface area contributed by atoms with Crippen LogP contribution in [0, 0.1) is 17.8 Å². The van der Waals surface area contributed by atoms with E-state index in [4.69, 9.17) is 4.74 Å². The first-order valence-electron chi connectivity index (χ1n) is 9.05. The first-order chi connectivity index (χ1) is 11.9. The fraction of sp³-hybridized carbons (Fsp3) is 0.600. The Hall–Kier alpha value is -2.04. The molecule has 2 atom stereocenters. The van der Waals surface area contributed by atoms with Gasteiger partial charge in [-0.2, -0.15) is 0 Å². The van der Waals surface area contributed by atoms with E-state index in [2.05, 4.69) is 26.1 Å². The van der Waals surface area contributed by atoms with Gasteiger partial charge in [0.25, 0.3) is 0 Å². The SMILES string of the molecule is CC(C)CCC[C@@H](C)CC(CNC(=O)OCc1ccccc1)C(=O)O. The predicted molar refractivity (Wildman–Crippen MR) is 98.2 cm³/mol. The maximum Gasteiger partial charge on any atom is 0.407 e. The second kappa shape index (κ2) is 11.5. The van der Waals surface area contributed by atoms with E-state index in [1.165, 1.54) is 0 Å². The van der Waals surface area contributed by atoms with Crippen LogP contribution in [0.1, 0.15) is 52.0 Å². The van der Waals surface area contributed by atoms with E-state index in [1.807, 2.05) is 30.3 Å². The summed E-state index contributed by atoms with van der Waals surface area (Å²) in [5.74, 6) is -0.470. The second-order valence-electron chi connectivity index (χ2n) is 7.14. The van der Waals surface area contributed by atoms with Crippen LogP contribution in [0.4, 0.5) is 4.79 Å². The summed E-state index contributed by atoms with van der Waals surface area (Å²) < 4.78 is 5.11. The topological polar surface area (TPSA) is 75.6 Å². The van der Waals surface area contributed by atoms with Crippen molar-refractivity contribution in [2.75, 3.05) is 6.54 Å². The van der Waals surface area contributed by atoms with Crippen molar-refractivity contribution in [3.05, 3.63) is 35.9 Å². The Morgan fingerprint density at radius 1 is 1.12 bits per heavy atom. The minimum atomic E-state index is -0.876. The predicted octanol–water partition coefficient (Wildman–Crippen LogP) is 4.47. The fourth-order valence-electron chi connectivity index (χ4n) is 2.73. The molecular weight excluding hydrogens is 318 g/mol. The van der Waals surface area contributed by atoms with Gasteiger partial charge >= 0.3 is 12.1 Å². The Bertz CT molecular complexity index is 516. The third kappa shape index (κ3) is 9.75. The molecule has 5 heteroatoms. The van der Waals surface area contributed by atoms with E-state index >= 15 is 0 Å². The smallest absolute Gasteiger partial charge is 0.407 e. The quantitative estimate of drug-likeness (QED) is 0.618. The van der Waals surface area contributed by atoms with Crippen molar-refractivity contribution in [1.29, 1.82) is 0 Å². The Morgan fingerprint density at radius 2 is 1.80 bits per heavy atom. The van der Waals surface area contributed by atoms with Gasteiger partial charge in [-0.3, -0.25) is 4.79 Å². The van der Waals surface area contributed by atoms with E-state index < -0.39 is 18.0 Å². The first kappa shape index (κ1) is 21.0. The number of carboxylic acids is 1. The minimum Gasteiger partial charge on any atom is -0.481 e. The standard InChI is InChI=1S/C20H31NO4/c1-15(2)8-7-9-16(3)12-18(19(22)23)13-21-20(24)25-14-17-10-5-4-6-11-17/h4-6,10-11,15-16,18H,7-9,12-14H2,1-3H3,(H,21,24)(H,22,23)/t16-,18?/m1/s1. The van der Waals surface area contributed by atoms with Gasteiger partial charge in [-0.15, -0.1) is 0 Å². The van der Waals surface area contributed by atoms with Crippen LogP contribution >= 0.6 is 0 Å². The highest BCUT2D eigenvalue weighted by molar-refractivity contribution is 5.72. The number of carboxylic acid groups (broad SMARTS) is 1. The van der Waals surface area contributed by atoms with Crippen LogP contribution in [0.3, 0.4) is 0 Å². The van der Waals surface area contributed by atoms with Crippen LogP contribution in [0.2, 0.25) is 0 Å². The molecule has 1 unspecified atom stereocenters. The first-order valence-corrected chi connectivity index (χ1v) is 9.05. The summed E-state index contributed by atoms with van der Waals surface area (Å²) in [5, 5.41) is 11.9. The Balaban J connectivity index is 2.31. The van der Waals surface area contributed by atoms with E-state index in [1.54, 1.807) is 0 Å². The van der Waals surface area contributed by atoms with E-state index in [9.17, 15) is 14.7 Å². The number of carbonyl (C=O) groups is 2. The lowest BCUT2D eigenvalue weighted by atomic mass is 9.91. The van der Waals surface area contributed by atoms with E-state index in [-0.39, 0.29) is 13.2 Å². The number of nitrogens with one attached hydrogen (secondary N) is 1. The molecule has 0 fully saturated rings. The molecule has 0 aliphatic carbocycles. The summed E-state index contributed by atoms with van der Waals surface area (Å²) in [7, 11) is 0. The lowest BCUT2D eigenvalue weighted by Crippen LogP contribution is -2.34. The number of aliphatic carboxylic acids is 1. The maximum atomic E-state index is 11.7. The van der Waals surface area contributed by atoms with E-state index in [0.717, 1.165) is 24.8 Å². The van der Waals surface area contributed by atoms with Crippen LogP contribution in [0.15, 0.2) is 30.3 Å². The van der Waals surface area contributed by atoms with E-state index in [0.29, 0.717) is 18.3 Å². The molecule has 0 aromatic heterocycles. The van der Waals surface area contributed by atoms with Gasteiger partial charge in [0.15, 0.2) is 0 Å². The molecule has 0 saturated carbocycles. The van der Waals surface area contributed by atoms with Crippen molar-refractivity contribution in [3.63, 3.8) is 0 Å². The number of benzene rings is 1. The Kier molecular flexibility index (Phi) is 9.66. The number of ether oxygens (including phenoxy) is 1. The Labute approximate surface area is 150 Å². The number of rotatable bonds is 11. The lowest BCUT2D eigenvalue weighted by molar-refractivity contribution is -0.142. The number of carbonyl (C=O) groups excluding carboxylic acids is 1. The molecular formula is C20H31NO4. The molecule has 2 N–H and O–H groups in total. The van der Waals surface area contributed by atoms with Gasteiger partial charge < -0.3 is 15.2 Å². The number of hydrogen-bond acceptors (Lipinski definition) is 3. The summed E-state index contributed by atoms with van der Waals surface area (Å²) in [4.78, 5) is 23.2. The highest BCUT2D eigenvalue weighted by Crippen LogP contribution is 2.19. The summed E-state index contributed by atoms with van der Waals surface area (Å²) in [5.41, 5.74) is 0.895. The zero-order valence-electron chi connectivity index (χ0n) is 15.5. The highest BCUT2D eigenvalue weighted by atomic mass is 16.5. The third-order valence-electron chi connectivity index (χ3n) is 4.22. The summed E-state index contributed by atoms with van der Waals surface area (Å²) in [6, 6.07) is 9.37. The maximum absolute atomic E-state index is 11.7. The second-order valence-corrected chi connectivity index (χ2v) is 7.14. The molecule has 0 radical (unpaired) electrons. The average molecular weight is 349 g/mol. The third-order valence-corrected chi connectivity index (χ3v) is 4.22. The summed E-state index contributed by atoms with van der Waals surface area (Å²) >= 11 is 0. The van der Waals surface area contributed by atoms with Gasteiger partial charge in [0, 0.05) is 6.54 Å². The van der Waals surface area contributed by atoms with Crippen LogP contribution < -0.4 is 5.32 Å². The van der Waals surface area contributed by atoms with Crippen LogP contribution in [-0.4, -0.2) is 23.7 Å². The summed E-state index contributed by atoms with van der Waals surface area (Å²) in [6.45, 7) is 6.73. The van der Waals surface area contributed by atoms with Crippen molar-refractivity contribution in [3.8, 4) is 0 Å². The normalized spacial score (nSPS) is 13.3. The molecule has 25 heavy (non-hydrogen) atoms. The van der Waals surface area contributed by atoms with Gasteiger partial charge in [-0.25, -0.2) is 4.79 Å². The number of amides is 1. The number of alkyl carbamates (subject to hydrolysis) is 1. The van der Waals surface area contributed by atoms with Gasteiger partial charge in [-0.05, 0) is 23.8 Å². The zero-order chi connectivity index (χ0) is 18.7. The zero-order valence-corrected chi connectivity index (χ0v) is 15.5. The van der Waals surface area contributed by atoms with Crippen molar-refractivity contribution >= 4 is 12.1 Å². The van der Waals surface area contributed by atoms with Crippen molar-refractivity contribution in [2.45, 2.75) is 53.1 Å². The minimum absolute atomic E-state index is 0.0947. The van der Waals surface area contributed by atoms with Crippen molar-refractivity contribution < 1.29 is 19.4 Å². The molecule has 1 rings (SSSR count). The molecule has 0 saturated heterocycles. The molecule has 0 spiro atoms. The Morgan fingerprint density at radius 3 is 2.40 bits per heavy atom. The number of hydrogen-bond donors (Lipinski definition) is 2. The van der Waals surface area contributed by atoms with Crippen LogP contribution in [0.5, 0.6) is 0 Å². The van der Waals surface area contributed by atoms with Crippen LogP contribution in [-0.2, 0) is 16.1 Å². The molecule has 5 nitrogen and oxygen atoms in total. The summed E-state index contributed by atoms with van der Waals surface area (Å²) in [6.07, 6.45) is 3.26. The molecule has 140 valence electrons. The highest BCUT2D eigenvalue weighted by Gasteiger charge is 2.21. The lowest BCUT2D eigenvalue weighted by Gasteiger charge is -2.18. The molecule has 1 aromatic rings.